The van der Waals surface area contributed by atoms with Gasteiger partial charge < -0.3 is 10.2 Å². The first-order valence-electron chi connectivity index (χ1n) is 4.91. The molecule has 0 aliphatic carbocycles. The quantitative estimate of drug-likeness (QED) is 0.711. The van der Waals surface area contributed by atoms with Crippen LogP contribution in [0.3, 0.4) is 0 Å². The summed E-state index contributed by atoms with van der Waals surface area (Å²) < 4.78 is 1.75. The van der Waals surface area contributed by atoms with Gasteiger partial charge in [0.05, 0.1) is 0 Å². The van der Waals surface area contributed by atoms with Crippen LogP contribution >= 0.6 is 0 Å². The molecule has 14 heavy (non-hydrogen) atoms. The summed E-state index contributed by atoms with van der Waals surface area (Å²) in [6, 6.07) is 3.52. The van der Waals surface area contributed by atoms with E-state index in [1.807, 2.05) is 19.9 Å². The predicted octanol–water partition coefficient (Wildman–Crippen LogP) is 2.09. The second-order valence-corrected chi connectivity index (χ2v) is 4.09. The molecule has 0 amide bonds. The van der Waals surface area contributed by atoms with Crippen molar-refractivity contribution < 1.29 is 14.8 Å². The van der Waals surface area contributed by atoms with Crippen molar-refractivity contribution >= 4 is 0 Å². The molecule has 1 aromatic rings. The number of aromatic hydroxyl groups is 2. The van der Waals surface area contributed by atoms with Crippen LogP contribution in [0.1, 0.15) is 45.3 Å². The Morgan fingerprint density at radius 2 is 1.64 bits per heavy atom. The van der Waals surface area contributed by atoms with Gasteiger partial charge in [0, 0.05) is 12.0 Å². The second-order valence-electron chi connectivity index (χ2n) is 4.09. The van der Waals surface area contributed by atoms with E-state index in [0.29, 0.717) is 5.92 Å². The van der Waals surface area contributed by atoms with Crippen LogP contribution in [0.2, 0.25) is 0 Å². The van der Waals surface area contributed by atoms with Crippen molar-refractivity contribution in [2.75, 3.05) is 0 Å². The topological polar surface area (TPSA) is 44.3 Å². The first kappa shape index (κ1) is 10.8. The minimum absolute atomic E-state index is 0.0498. The molecule has 0 saturated carbocycles. The van der Waals surface area contributed by atoms with Crippen LogP contribution in [0.25, 0.3) is 0 Å². The maximum absolute atomic E-state index is 9.71. The third-order valence-corrected chi connectivity index (χ3v) is 2.26. The lowest BCUT2D eigenvalue weighted by Gasteiger charge is -2.11. The van der Waals surface area contributed by atoms with Crippen molar-refractivity contribution in [2.24, 2.45) is 0 Å². The maximum atomic E-state index is 9.71. The van der Waals surface area contributed by atoms with E-state index in [0.717, 1.165) is 5.69 Å². The molecule has 1 heterocycles. The lowest BCUT2D eigenvalue weighted by atomic mass is 10.1. The normalized spacial score (nSPS) is 11.3. The molecule has 3 heteroatoms. The second kappa shape index (κ2) is 3.86. The maximum Gasteiger partial charge on any atom is 0.409 e. The van der Waals surface area contributed by atoms with E-state index in [2.05, 4.69) is 13.8 Å². The zero-order chi connectivity index (χ0) is 10.9. The van der Waals surface area contributed by atoms with Crippen molar-refractivity contribution in [3.05, 3.63) is 17.8 Å². The summed E-state index contributed by atoms with van der Waals surface area (Å²) in [5.74, 6) is 0.207. The van der Waals surface area contributed by atoms with Crippen molar-refractivity contribution in [3.8, 4) is 11.6 Å². The van der Waals surface area contributed by atoms with E-state index in [-0.39, 0.29) is 17.7 Å². The Labute approximate surface area is 84.6 Å². The SMILES string of the molecule is CC(C)c1ccc(O)c(O)[n+]1C(C)C. The van der Waals surface area contributed by atoms with Crippen LogP contribution in [-0.4, -0.2) is 10.2 Å². The van der Waals surface area contributed by atoms with Gasteiger partial charge in [-0.05, 0) is 19.9 Å². The van der Waals surface area contributed by atoms with Gasteiger partial charge in [0.15, 0.2) is 11.7 Å². The van der Waals surface area contributed by atoms with Gasteiger partial charge in [-0.25, -0.2) is 0 Å². The molecule has 0 unspecified atom stereocenters. The highest BCUT2D eigenvalue weighted by molar-refractivity contribution is 5.27. The predicted molar refractivity (Wildman–Crippen MR) is 54.4 cm³/mol. The van der Waals surface area contributed by atoms with Crippen molar-refractivity contribution in [1.82, 2.24) is 0 Å². The van der Waals surface area contributed by atoms with Gasteiger partial charge in [0.2, 0.25) is 5.75 Å². The molecular formula is C11H18NO2+. The Kier molecular flexibility index (Phi) is 2.99. The number of hydrogen-bond donors (Lipinski definition) is 2. The molecule has 1 rings (SSSR count). The van der Waals surface area contributed by atoms with Crippen molar-refractivity contribution in [2.45, 2.75) is 39.7 Å². The minimum Gasteiger partial charge on any atom is -0.500 e. The average Bonchev–Trinajstić information content (AvgIpc) is 2.08. The third-order valence-electron chi connectivity index (χ3n) is 2.26. The highest BCUT2D eigenvalue weighted by Crippen LogP contribution is 2.24. The fraction of sp³-hybridized carbons (Fsp3) is 0.545. The molecule has 0 radical (unpaired) electrons. The first-order chi connectivity index (χ1) is 6.45. The Morgan fingerprint density at radius 1 is 1.07 bits per heavy atom. The Bertz CT molecular complexity index is 332. The molecule has 0 atom stereocenters. The van der Waals surface area contributed by atoms with E-state index in [9.17, 15) is 10.2 Å². The average molecular weight is 196 g/mol. The van der Waals surface area contributed by atoms with Gasteiger partial charge in [-0.15, -0.1) is 0 Å². The molecule has 78 valence electrons. The summed E-state index contributed by atoms with van der Waals surface area (Å²) >= 11 is 0. The molecule has 0 aliphatic heterocycles. The summed E-state index contributed by atoms with van der Waals surface area (Å²) in [4.78, 5) is 0. The van der Waals surface area contributed by atoms with Gasteiger partial charge in [-0.2, -0.15) is 4.57 Å². The highest BCUT2D eigenvalue weighted by atomic mass is 16.3. The number of aromatic nitrogens is 1. The summed E-state index contributed by atoms with van der Waals surface area (Å²) in [5, 5.41) is 19.1. The fourth-order valence-electron chi connectivity index (χ4n) is 1.58. The summed E-state index contributed by atoms with van der Waals surface area (Å²) in [6.45, 7) is 8.07. The molecule has 0 saturated heterocycles. The van der Waals surface area contributed by atoms with Crippen molar-refractivity contribution in [3.63, 3.8) is 0 Å². The van der Waals surface area contributed by atoms with Crippen LogP contribution in [0.4, 0.5) is 0 Å². The highest BCUT2D eigenvalue weighted by Gasteiger charge is 2.24. The molecule has 0 aromatic carbocycles. The third kappa shape index (κ3) is 1.81. The first-order valence-corrected chi connectivity index (χ1v) is 4.91. The Morgan fingerprint density at radius 3 is 2.07 bits per heavy atom. The van der Waals surface area contributed by atoms with Gasteiger partial charge in [-0.1, -0.05) is 13.8 Å². The van der Waals surface area contributed by atoms with E-state index >= 15 is 0 Å². The standard InChI is InChI=1S/C11H17NO2/c1-7(2)9-5-6-10(13)11(14)12(9)8(3)4/h5-8,13H,1-4H3/p+1. The van der Waals surface area contributed by atoms with Gasteiger partial charge in [-0.3, -0.25) is 0 Å². The molecule has 2 N–H and O–H groups in total. The van der Waals surface area contributed by atoms with E-state index < -0.39 is 0 Å². The van der Waals surface area contributed by atoms with Crippen LogP contribution in [0, 0.1) is 0 Å². The van der Waals surface area contributed by atoms with Gasteiger partial charge in [0.1, 0.15) is 0 Å². The van der Waals surface area contributed by atoms with Crippen LogP contribution in [0.15, 0.2) is 12.1 Å². The number of rotatable bonds is 2. The van der Waals surface area contributed by atoms with Gasteiger partial charge in [0.25, 0.3) is 0 Å². The molecule has 3 nitrogen and oxygen atoms in total. The van der Waals surface area contributed by atoms with Crippen LogP contribution in [-0.2, 0) is 0 Å². The van der Waals surface area contributed by atoms with E-state index in [1.54, 1.807) is 4.57 Å². The fourth-order valence-corrected chi connectivity index (χ4v) is 1.58. The molecule has 0 spiro atoms. The zero-order valence-electron chi connectivity index (χ0n) is 9.15. The molecule has 0 aliphatic rings. The molecule has 0 bridgehead atoms. The monoisotopic (exact) mass is 196 g/mol. The number of hydrogen-bond acceptors (Lipinski definition) is 2. The lowest BCUT2D eigenvalue weighted by molar-refractivity contribution is -0.729. The number of pyridine rings is 1. The van der Waals surface area contributed by atoms with E-state index in [1.165, 1.54) is 6.07 Å². The smallest absolute Gasteiger partial charge is 0.409 e. The zero-order valence-corrected chi connectivity index (χ0v) is 9.15. The van der Waals surface area contributed by atoms with E-state index in [4.69, 9.17) is 0 Å². The Hall–Kier alpha value is -1.25. The number of nitrogens with zero attached hydrogens (tertiary/aromatic N) is 1. The molecular weight excluding hydrogens is 178 g/mol. The van der Waals surface area contributed by atoms with Crippen LogP contribution < -0.4 is 4.57 Å². The largest absolute Gasteiger partial charge is 0.500 e. The summed E-state index contributed by atoms with van der Waals surface area (Å²) in [7, 11) is 0. The summed E-state index contributed by atoms with van der Waals surface area (Å²) in [5.41, 5.74) is 1.02. The van der Waals surface area contributed by atoms with Crippen molar-refractivity contribution in [1.29, 1.82) is 0 Å². The van der Waals surface area contributed by atoms with Gasteiger partial charge >= 0.3 is 5.88 Å². The Balaban J connectivity index is 3.38. The molecule has 1 aromatic heterocycles. The van der Waals surface area contributed by atoms with Crippen LogP contribution in [0.5, 0.6) is 11.6 Å². The minimum atomic E-state index is -0.0666. The summed E-state index contributed by atoms with van der Waals surface area (Å²) in [6.07, 6.45) is 0. The lowest BCUT2D eigenvalue weighted by Crippen LogP contribution is -2.41. The molecule has 0 fully saturated rings.